The number of phenolic OH excluding ortho intramolecular Hbond substituents is 6. The quantitative estimate of drug-likeness (QED) is 0.0721. The number of unbranched alkanes of at least 4 members (excludes halogenated alkanes) is 2. The summed E-state index contributed by atoms with van der Waals surface area (Å²) in [6.07, 6.45) is 2.74. The molecule has 0 radical (unpaired) electrons. The molecule has 2 aromatic rings. The summed E-state index contributed by atoms with van der Waals surface area (Å²) >= 11 is 0. The molecule has 234 valence electrons. The zero-order valence-corrected chi connectivity index (χ0v) is 23.4. The minimum absolute atomic E-state index is 0.0601. The van der Waals surface area contributed by atoms with Crippen molar-refractivity contribution in [2.45, 2.75) is 57.5 Å². The molecule has 0 saturated heterocycles. The Hall–Kier alpha value is -5.21. The first-order chi connectivity index (χ1) is 20.3. The Labute approximate surface area is 246 Å². The van der Waals surface area contributed by atoms with Crippen LogP contribution in [0.2, 0.25) is 0 Å². The van der Waals surface area contributed by atoms with Crippen molar-refractivity contribution in [1.29, 1.82) is 0 Å². The van der Waals surface area contributed by atoms with E-state index in [2.05, 4.69) is 21.3 Å². The van der Waals surface area contributed by atoms with Gasteiger partial charge in [-0.05, 0) is 62.8 Å². The number of nitrogens with one attached hydrogen (secondary N) is 4. The van der Waals surface area contributed by atoms with E-state index < -0.39 is 70.2 Å². The van der Waals surface area contributed by atoms with Crippen molar-refractivity contribution in [3.63, 3.8) is 0 Å². The lowest BCUT2D eigenvalue weighted by atomic mass is 10.1. The van der Waals surface area contributed by atoms with E-state index in [0.717, 1.165) is 24.3 Å². The number of carbonyl (C=O) groups excluding carboxylic acids is 5. The third-order valence-corrected chi connectivity index (χ3v) is 6.28. The van der Waals surface area contributed by atoms with Gasteiger partial charge in [0.05, 0.1) is 6.04 Å². The van der Waals surface area contributed by atoms with Crippen LogP contribution in [0.3, 0.4) is 0 Å². The lowest BCUT2D eigenvalue weighted by Gasteiger charge is -2.20. The summed E-state index contributed by atoms with van der Waals surface area (Å²) in [6, 6.07) is 2.22. The number of amides is 4. The number of hydrogen-bond acceptors (Lipinski definition) is 11. The monoisotopic (exact) mass is 604 g/mol. The maximum Gasteiger partial charge on any atom is 0.251 e. The minimum Gasteiger partial charge on any atom is -0.504 e. The summed E-state index contributed by atoms with van der Waals surface area (Å²) in [4.78, 5) is 60.3. The Bertz CT molecular complexity index is 1290. The third-order valence-electron chi connectivity index (χ3n) is 6.28. The fourth-order valence-electron chi connectivity index (χ4n) is 4.01. The van der Waals surface area contributed by atoms with Gasteiger partial charge in [-0.25, -0.2) is 0 Å². The van der Waals surface area contributed by atoms with E-state index >= 15 is 0 Å². The van der Waals surface area contributed by atoms with Crippen LogP contribution in [0.5, 0.6) is 34.5 Å². The largest absolute Gasteiger partial charge is 0.504 e. The number of phenols is 6. The van der Waals surface area contributed by atoms with Crippen LogP contribution in [0.25, 0.3) is 0 Å². The zero-order valence-electron chi connectivity index (χ0n) is 23.4. The van der Waals surface area contributed by atoms with Gasteiger partial charge in [0, 0.05) is 31.1 Å². The molecule has 0 aliphatic rings. The highest BCUT2D eigenvalue weighted by atomic mass is 16.3. The molecule has 0 aliphatic heterocycles. The molecule has 2 atom stereocenters. The van der Waals surface area contributed by atoms with Crippen molar-refractivity contribution < 1.29 is 54.6 Å². The van der Waals surface area contributed by atoms with Gasteiger partial charge < -0.3 is 56.7 Å². The highest BCUT2D eigenvalue weighted by Crippen LogP contribution is 2.36. The molecule has 0 fully saturated rings. The van der Waals surface area contributed by atoms with Gasteiger partial charge >= 0.3 is 0 Å². The summed E-state index contributed by atoms with van der Waals surface area (Å²) in [7, 11) is 0. The molecular formula is C28H36N4O11. The van der Waals surface area contributed by atoms with Crippen LogP contribution < -0.4 is 21.3 Å². The van der Waals surface area contributed by atoms with E-state index in [1.165, 1.54) is 6.92 Å². The number of aldehydes is 1. The van der Waals surface area contributed by atoms with Gasteiger partial charge in [-0.2, -0.15) is 0 Å². The summed E-state index contributed by atoms with van der Waals surface area (Å²) in [5, 5.41) is 67.2. The Balaban J connectivity index is 1.75. The molecule has 0 spiro atoms. The van der Waals surface area contributed by atoms with Gasteiger partial charge in [-0.3, -0.25) is 19.2 Å². The zero-order chi connectivity index (χ0) is 32.1. The van der Waals surface area contributed by atoms with E-state index in [0.29, 0.717) is 32.0 Å². The fraction of sp³-hybridized carbons (Fsp3) is 0.393. The Morgan fingerprint density at radius 2 is 1.09 bits per heavy atom. The number of aromatic hydroxyl groups is 6. The van der Waals surface area contributed by atoms with Gasteiger partial charge in [-0.1, -0.05) is 0 Å². The first kappa shape index (κ1) is 34.0. The van der Waals surface area contributed by atoms with Crippen molar-refractivity contribution in [2.24, 2.45) is 0 Å². The molecule has 0 heterocycles. The van der Waals surface area contributed by atoms with Gasteiger partial charge in [0.25, 0.3) is 11.8 Å². The second-order valence-corrected chi connectivity index (χ2v) is 9.73. The van der Waals surface area contributed by atoms with Crippen LogP contribution in [0, 0.1) is 0 Å². The molecule has 0 aromatic heterocycles. The average Bonchev–Trinajstić information content (AvgIpc) is 2.95. The second kappa shape index (κ2) is 16.3. The van der Waals surface area contributed by atoms with Crippen LogP contribution in [0.15, 0.2) is 24.3 Å². The van der Waals surface area contributed by atoms with E-state index in [9.17, 15) is 54.6 Å². The van der Waals surface area contributed by atoms with Crippen molar-refractivity contribution in [2.75, 3.05) is 13.1 Å². The number of rotatable bonds is 16. The predicted molar refractivity (Wildman–Crippen MR) is 151 cm³/mol. The smallest absolute Gasteiger partial charge is 0.251 e. The summed E-state index contributed by atoms with van der Waals surface area (Å²) in [6.45, 7) is 1.62. The fourth-order valence-corrected chi connectivity index (χ4v) is 4.01. The number of carbonyl (C=O) groups is 5. The highest BCUT2D eigenvalue weighted by Gasteiger charge is 2.22. The molecule has 2 aromatic carbocycles. The molecule has 2 unspecified atom stereocenters. The second-order valence-electron chi connectivity index (χ2n) is 9.73. The predicted octanol–water partition coefficient (Wildman–Crippen LogP) is 0.609. The lowest BCUT2D eigenvalue weighted by Crippen LogP contribution is -2.49. The Morgan fingerprint density at radius 1 is 0.674 bits per heavy atom. The maximum absolute atomic E-state index is 12.8. The molecule has 2 rings (SSSR count). The summed E-state index contributed by atoms with van der Waals surface area (Å²) < 4.78 is 0. The summed E-state index contributed by atoms with van der Waals surface area (Å²) in [5.74, 6) is -6.27. The van der Waals surface area contributed by atoms with Crippen LogP contribution >= 0.6 is 0 Å². The van der Waals surface area contributed by atoms with Crippen molar-refractivity contribution in [3.8, 4) is 34.5 Å². The molecule has 15 heteroatoms. The first-order valence-corrected chi connectivity index (χ1v) is 13.4. The highest BCUT2D eigenvalue weighted by molar-refractivity contribution is 5.96. The standard InChI is InChI=1S/C28H36N4O11/c1-15(34)31-19(7-3-5-9-30-27(42)17-12-22(37)25(40)23(38)13-17)28(43)32-18(14-33)6-2-4-8-29-26(41)16-10-20(35)24(39)21(36)11-16/h10-14,18-19,35-40H,2-9H2,1H3,(H,29,41)(H,30,42)(H,31,34)(H,32,43). The molecule has 43 heavy (non-hydrogen) atoms. The molecule has 0 aliphatic carbocycles. The topological polar surface area (TPSA) is 255 Å². The van der Waals surface area contributed by atoms with Gasteiger partial charge in [0.15, 0.2) is 34.5 Å². The Kier molecular flexibility index (Phi) is 12.9. The normalized spacial score (nSPS) is 12.0. The molecule has 4 amide bonds. The van der Waals surface area contributed by atoms with E-state index in [4.69, 9.17) is 0 Å². The molecular weight excluding hydrogens is 568 g/mol. The van der Waals surface area contributed by atoms with E-state index in [1.54, 1.807) is 0 Å². The minimum atomic E-state index is -0.931. The average molecular weight is 605 g/mol. The SMILES string of the molecule is CC(=O)NC(CCCCNC(=O)c1cc(O)c(O)c(O)c1)C(=O)NC(C=O)CCCCNC(=O)c1cc(O)c(O)c(O)c1. The number of benzene rings is 2. The van der Waals surface area contributed by atoms with E-state index in [1.807, 2.05) is 0 Å². The van der Waals surface area contributed by atoms with Gasteiger partial charge in [0.2, 0.25) is 11.8 Å². The maximum atomic E-state index is 12.8. The van der Waals surface area contributed by atoms with Crippen LogP contribution in [0.1, 0.15) is 66.2 Å². The van der Waals surface area contributed by atoms with Crippen LogP contribution in [0.4, 0.5) is 0 Å². The first-order valence-electron chi connectivity index (χ1n) is 13.4. The van der Waals surface area contributed by atoms with Gasteiger partial charge in [-0.15, -0.1) is 0 Å². The van der Waals surface area contributed by atoms with E-state index in [-0.39, 0.29) is 37.1 Å². The molecule has 10 N–H and O–H groups in total. The third kappa shape index (κ3) is 10.6. The van der Waals surface area contributed by atoms with Crippen LogP contribution in [-0.4, -0.2) is 85.7 Å². The van der Waals surface area contributed by atoms with Crippen molar-refractivity contribution >= 4 is 29.9 Å². The molecule has 15 nitrogen and oxygen atoms in total. The lowest BCUT2D eigenvalue weighted by molar-refractivity contribution is -0.129. The summed E-state index contributed by atoms with van der Waals surface area (Å²) in [5.41, 5.74) is -0.126. The Morgan fingerprint density at radius 3 is 1.49 bits per heavy atom. The molecule has 0 saturated carbocycles. The van der Waals surface area contributed by atoms with Gasteiger partial charge in [0.1, 0.15) is 12.3 Å². The molecule has 0 bridgehead atoms. The van der Waals surface area contributed by atoms with Crippen molar-refractivity contribution in [3.05, 3.63) is 35.4 Å². The number of hydrogen-bond donors (Lipinski definition) is 10. The van der Waals surface area contributed by atoms with Crippen LogP contribution in [-0.2, 0) is 14.4 Å². The van der Waals surface area contributed by atoms with Crippen molar-refractivity contribution in [1.82, 2.24) is 21.3 Å².